The van der Waals surface area contributed by atoms with Crippen molar-refractivity contribution in [2.24, 2.45) is 4.99 Å². The minimum absolute atomic E-state index is 0.0505. The number of aryl methyl sites for hydroxylation is 2. The Bertz CT molecular complexity index is 2570. The van der Waals surface area contributed by atoms with Gasteiger partial charge >= 0.3 is 0 Å². The van der Waals surface area contributed by atoms with Gasteiger partial charge in [-0.25, -0.2) is 4.98 Å². The van der Waals surface area contributed by atoms with Crippen LogP contribution in [0.1, 0.15) is 62.4 Å². The molecule has 320 valence electrons. The number of thiophene rings is 1. The van der Waals surface area contributed by atoms with Crippen molar-refractivity contribution in [1.29, 1.82) is 0 Å². The molecule has 0 fully saturated rings. The summed E-state index contributed by atoms with van der Waals surface area (Å²) in [6.07, 6.45) is 3.24. The second-order valence-electron chi connectivity index (χ2n) is 15.4. The summed E-state index contributed by atoms with van der Waals surface area (Å²) in [5.41, 5.74) is 9.11. The summed E-state index contributed by atoms with van der Waals surface area (Å²) >= 11 is 7.94. The van der Waals surface area contributed by atoms with E-state index in [1.54, 1.807) is 17.5 Å². The van der Waals surface area contributed by atoms with E-state index in [1.165, 1.54) is 4.88 Å². The number of aromatic nitrogens is 4. The number of carbonyl (C=O) groups excluding carboxylic acids is 2. The highest BCUT2D eigenvalue weighted by molar-refractivity contribution is 7.15. The molecule has 12 nitrogen and oxygen atoms in total. The second kappa shape index (κ2) is 20.1. The summed E-state index contributed by atoms with van der Waals surface area (Å²) in [5.74, 6) is 3.23. The lowest BCUT2D eigenvalue weighted by Crippen LogP contribution is -2.15. The number of Topliss-reactive ketones (excluding diaryl/α,β-unsaturated/α-hetero) is 2. The minimum atomic E-state index is -0.506. The van der Waals surface area contributed by atoms with E-state index in [-0.39, 0.29) is 24.4 Å². The van der Waals surface area contributed by atoms with Crippen molar-refractivity contribution in [2.45, 2.75) is 52.5 Å². The Morgan fingerprint density at radius 2 is 1.55 bits per heavy atom. The van der Waals surface area contributed by atoms with E-state index < -0.39 is 6.04 Å². The number of rotatable bonds is 20. The number of fused-ring (bicyclic) bond motifs is 4. The van der Waals surface area contributed by atoms with Crippen molar-refractivity contribution in [3.8, 4) is 21.9 Å². The molecule has 8 rings (SSSR count). The predicted molar refractivity (Wildman–Crippen MR) is 242 cm³/mol. The first-order valence-electron chi connectivity index (χ1n) is 20.9. The van der Waals surface area contributed by atoms with E-state index in [9.17, 15) is 9.59 Å². The summed E-state index contributed by atoms with van der Waals surface area (Å²) in [6, 6.07) is 24.9. The fourth-order valence-corrected chi connectivity index (χ4v) is 9.09. The lowest BCUT2D eigenvalue weighted by Gasteiger charge is -2.13. The van der Waals surface area contributed by atoms with Crippen molar-refractivity contribution in [1.82, 2.24) is 19.7 Å². The number of hydrogen-bond donors (Lipinski definition) is 1. The lowest BCUT2D eigenvalue weighted by molar-refractivity contribution is -0.119. The molecule has 0 saturated heterocycles. The summed E-state index contributed by atoms with van der Waals surface area (Å²) < 4.78 is 25.0. The molecule has 0 unspecified atom stereocenters. The Labute approximate surface area is 370 Å². The molecule has 0 spiro atoms. The lowest BCUT2D eigenvalue weighted by atomic mass is 9.99. The first-order chi connectivity index (χ1) is 30.2. The van der Waals surface area contributed by atoms with Crippen LogP contribution >= 0.6 is 22.9 Å². The van der Waals surface area contributed by atoms with Gasteiger partial charge in [-0.05, 0) is 85.0 Å². The Morgan fingerprint density at radius 3 is 2.32 bits per heavy atom. The van der Waals surface area contributed by atoms with Crippen LogP contribution in [0, 0.1) is 20.8 Å². The number of aliphatic imine (C=N–C) groups is 1. The van der Waals surface area contributed by atoms with Gasteiger partial charge in [0, 0.05) is 65.0 Å². The van der Waals surface area contributed by atoms with Gasteiger partial charge in [-0.1, -0.05) is 54.1 Å². The van der Waals surface area contributed by atoms with Gasteiger partial charge in [-0.2, -0.15) is 0 Å². The van der Waals surface area contributed by atoms with Gasteiger partial charge in [-0.15, -0.1) is 21.5 Å². The molecule has 3 aromatic heterocycles. The van der Waals surface area contributed by atoms with Crippen molar-refractivity contribution in [3.05, 3.63) is 140 Å². The fourth-order valence-electron chi connectivity index (χ4n) is 7.75. The van der Waals surface area contributed by atoms with Crippen LogP contribution in [0.2, 0.25) is 5.02 Å². The normalized spacial score (nSPS) is 14.2. The van der Waals surface area contributed by atoms with Crippen molar-refractivity contribution in [3.63, 3.8) is 0 Å². The second-order valence-corrected chi connectivity index (χ2v) is 17.0. The summed E-state index contributed by atoms with van der Waals surface area (Å²) in [6.45, 7) is 9.90. The van der Waals surface area contributed by atoms with Gasteiger partial charge in [0.25, 0.3) is 0 Å². The quantitative estimate of drug-likeness (QED) is 0.0746. The summed E-state index contributed by atoms with van der Waals surface area (Å²) in [4.78, 5) is 36.4. The van der Waals surface area contributed by atoms with Crippen LogP contribution in [0.3, 0.4) is 0 Å². The van der Waals surface area contributed by atoms with Gasteiger partial charge < -0.3 is 24.3 Å². The number of pyridine rings is 1. The van der Waals surface area contributed by atoms with E-state index in [1.807, 2.05) is 73.7 Å². The number of ether oxygens (including phenoxy) is 4. The fraction of sp³-hybridized carbons (Fsp3) is 0.333. The molecule has 6 aromatic rings. The highest BCUT2D eigenvalue weighted by atomic mass is 35.5. The molecule has 0 amide bonds. The third-order valence-corrected chi connectivity index (χ3v) is 12.4. The van der Waals surface area contributed by atoms with Gasteiger partial charge in [-0.3, -0.25) is 19.1 Å². The third-order valence-electron chi connectivity index (χ3n) is 11.0. The van der Waals surface area contributed by atoms with Crippen LogP contribution in [-0.2, 0) is 43.1 Å². The SMILES string of the molecule is Cc1sc2c(c1C)C(c1ccc(Cl)cc1)=N[C@@H](CC(=O)Cc1ccc(OCCOCCOCCOCCNc3ncccc3-c3ccc4c(c3)CC(=O)C4)cc1)c1nnc(C)n1-2. The predicted octanol–water partition coefficient (Wildman–Crippen LogP) is 8.27. The van der Waals surface area contributed by atoms with Crippen LogP contribution in [0.25, 0.3) is 16.1 Å². The summed E-state index contributed by atoms with van der Waals surface area (Å²) in [7, 11) is 0. The standard InChI is InChI=1S/C48H49ClN6O6S/c1-30-31(2)62-48-44(30)45(34-10-12-38(49)13-11-34)52-43(47-54-53-32(3)55(47)48)29-39(56)25-33-6-14-41(15-7-33)61-24-23-60-22-21-59-20-19-58-18-17-51-46-42(5-4-16-50-46)36-9-8-35-27-40(57)28-37(35)26-36/h4-16,26,43H,17-25,27-29H2,1-3H3,(H,50,51)/t43-/m0/s1. The molecule has 0 saturated carbocycles. The van der Waals surface area contributed by atoms with Crippen molar-refractivity contribution >= 4 is 46.0 Å². The Morgan fingerprint density at radius 1 is 0.839 bits per heavy atom. The number of benzene rings is 3. The first kappa shape index (κ1) is 43.1. The van der Waals surface area contributed by atoms with Crippen LogP contribution < -0.4 is 10.1 Å². The van der Waals surface area contributed by atoms with E-state index in [4.69, 9.17) is 35.5 Å². The molecule has 2 aliphatic rings. The Hall–Kier alpha value is -5.57. The highest BCUT2D eigenvalue weighted by Gasteiger charge is 2.32. The van der Waals surface area contributed by atoms with E-state index in [2.05, 4.69) is 51.0 Å². The van der Waals surface area contributed by atoms with Crippen LogP contribution in [-0.4, -0.2) is 89.8 Å². The number of nitrogens with one attached hydrogen (secondary N) is 1. The van der Waals surface area contributed by atoms with E-state index in [0.29, 0.717) is 82.2 Å². The molecule has 0 radical (unpaired) electrons. The molecule has 14 heteroatoms. The number of carbonyl (C=O) groups is 2. The Balaban J connectivity index is 0.722. The molecule has 3 aromatic carbocycles. The molecular formula is C48H49ClN6O6S. The zero-order valence-electron chi connectivity index (χ0n) is 35.1. The van der Waals surface area contributed by atoms with Crippen LogP contribution in [0.15, 0.2) is 90.1 Å². The first-order valence-corrected chi connectivity index (χ1v) is 22.1. The maximum absolute atomic E-state index is 13.6. The van der Waals surface area contributed by atoms with Gasteiger partial charge in [0.1, 0.15) is 46.6 Å². The van der Waals surface area contributed by atoms with Crippen molar-refractivity contribution in [2.75, 3.05) is 58.1 Å². The zero-order chi connectivity index (χ0) is 43.0. The molecule has 1 atom stereocenters. The van der Waals surface area contributed by atoms with Gasteiger partial charge in [0.2, 0.25) is 0 Å². The van der Waals surface area contributed by atoms with Crippen LogP contribution in [0.5, 0.6) is 5.75 Å². The van der Waals surface area contributed by atoms with Gasteiger partial charge in [0.05, 0.1) is 45.4 Å². The van der Waals surface area contributed by atoms with Crippen LogP contribution in [0.4, 0.5) is 5.82 Å². The number of ketones is 2. The number of hydrogen-bond acceptors (Lipinski definition) is 12. The third kappa shape index (κ3) is 10.2. The van der Waals surface area contributed by atoms with E-state index in [0.717, 1.165) is 66.9 Å². The molecule has 1 aliphatic heterocycles. The minimum Gasteiger partial charge on any atom is -0.491 e. The van der Waals surface area contributed by atoms with Crippen molar-refractivity contribution < 1.29 is 28.5 Å². The molecular weight excluding hydrogens is 824 g/mol. The molecule has 0 bridgehead atoms. The largest absolute Gasteiger partial charge is 0.491 e. The number of halogens is 1. The molecule has 1 N–H and O–H groups in total. The molecule has 4 heterocycles. The highest BCUT2D eigenvalue weighted by Crippen LogP contribution is 2.40. The van der Waals surface area contributed by atoms with E-state index >= 15 is 0 Å². The number of anilines is 1. The average Bonchev–Trinajstić information content (AvgIpc) is 3.91. The Kier molecular flexibility index (Phi) is 14.0. The smallest absolute Gasteiger partial charge is 0.163 e. The van der Waals surface area contributed by atoms with Gasteiger partial charge in [0.15, 0.2) is 5.82 Å². The summed E-state index contributed by atoms with van der Waals surface area (Å²) in [5, 5.41) is 14.0. The maximum Gasteiger partial charge on any atom is 0.163 e. The monoisotopic (exact) mass is 872 g/mol. The zero-order valence-corrected chi connectivity index (χ0v) is 36.7. The topological polar surface area (TPSA) is 139 Å². The maximum atomic E-state index is 13.6. The molecule has 1 aliphatic carbocycles. The average molecular weight is 873 g/mol. The molecule has 62 heavy (non-hydrogen) atoms. The number of nitrogens with zero attached hydrogens (tertiary/aromatic N) is 5.